The summed E-state index contributed by atoms with van der Waals surface area (Å²) < 4.78 is 5.36. The molecule has 0 aliphatic rings. The Morgan fingerprint density at radius 2 is 2.23 bits per heavy atom. The van der Waals surface area contributed by atoms with Crippen LogP contribution in [0.15, 0.2) is 22.8 Å². The van der Waals surface area contributed by atoms with Crippen LogP contribution in [0.1, 0.15) is 26.5 Å². The van der Waals surface area contributed by atoms with Crippen LogP contribution in [0.3, 0.4) is 0 Å². The van der Waals surface area contributed by atoms with Gasteiger partial charge in [0.25, 0.3) is 0 Å². The minimum Gasteiger partial charge on any atom is -0.469 e. The molecule has 74 valence electrons. The van der Waals surface area contributed by atoms with Crippen molar-refractivity contribution in [3.05, 3.63) is 24.2 Å². The van der Waals surface area contributed by atoms with E-state index in [1.165, 1.54) is 0 Å². The van der Waals surface area contributed by atoms with Gasteiger partial charge in [-0.15, -0.1) is 0 Å². The predicted molar refractivity (Wildman–Crippen MR) is 59.2 cm³/mol. The molecule has 0 amide bonds. The van der Waals surface area contributed by atoms with E-state index in [-0.39, 0.29) is 5.41 Å². The number of halogens is 1. The maximum Gasteiger partial charge on any atom is 0.104 e. The highest BCUT2D eigenvalue weighted by molar-refractivity contribution is 9.09. The summed E-state index contributed by atoms with van der Waals surface area (Å²) in [7, 11) is 0. The fourth-order valence-corrected chi connectivity index (χ4v) is 2.06. The number of rotatable bonds is 4. The van der Waals surface area contributed by atoms with E-state index in [1.54, 1.807) is 6.26 Å². The van der Waals surface area contributed by atoms with E-state index in [1.807, 2.05) is 12.1 Å². The third kappa shape index (κ3) is 2.60. The van der Waals surface area contributed by atoms with E-state index in [2.05, 4.69) is 36.7 Å². The zero-order valence-electron chi connectivity index (χ0n) is 8.51. The fraction of sp³-hybridized carbons (Fsp3) is 0.636. The highest BCUT2D eigenvalue weighted by atomic mass is 79.9. The second-order valence-corrected chi connectivity index (χ2v) is 4.76. The second kappa shape index (κ2) is 4.32. The predicted octanol–water partition coefficient (Wildman–Crippen LogP) is 3.88. The first-order valence-electron chi connectivity index (χ1n) is 4.67. The molecule has 0 radical (unpaired) electrons. The smallest absolute Gasteiger partial charge is 0.104 e. The molecule has 0 saturated heterocycles. The van der Waals surface area contributed by atoms with Gasteiger partial charge in [0, 0.05) is 11.8 Å². The molecule has 0 aliphatic heterocycles. The van der Waals surface area contributed by atoms with Gasteiger partial charge in [0.2, 0.25) is 0 Å². The van der Waals surface area contributed by atoms with Crippen LogP contribution in [-0.4, -0.2) is 5.33 Å². The van der Waals surface area contributed by atoms with Crippen molar-refractivity contribution in [2.45, 2.75) is 27.2 Å². The molecule has 1 heterocycles. The Balaban J connectivity index is 2.69. The Bertz CT molecular complexity index is 241. The molecule has 2 heteroatoms. The van der Waals surface area contributed by atoms with E-state index >= 15 is 0 Å². The Labute approximate surface area is 88.6 Å². The standard InChI is InChI=1S/C11H17BrO/c1-9(2)11(3,8-12)7-10-5-4-6-13-10/h4-6,9H,7-8H2,1-3H3. The van der Waals surface area contributed by atoms with Crippen LogP contribution < -0.4 is 0 Å². The van der Waals surface area contributed by atoms with Crippen LogP contribution in [0.4, 0.5) is 0 Å². The molecule has 1 nitrogen and oxygen atoms in total. The summed E-state index contributed by atoms with van der Waals surface area (Å²) in [6, 6.07) is 3.99. The molecular formula is C11H17BrO. The number of furan rings is 1. The lowest BCUT2D eigenvalue weighted by Crippen LogP contribution is -2.27. The minimum atomic E-state index is 0.290. The van der Waals surface area contributed by atoms with Gasteiger partial charge in [-0.3, -0.25) is 0 Å². The highest BCUT2D eigenvalue weighted by Gasteiger charge is 2.28. The summed E-state index contributed by atoms with van der Waals surface area (Å²) in [6.45, 7) is 6.79. The second-order valence-electron chi connectivity index (χ2n) is 4.20. The normalized spacial score (nSPS) is 16.1. The summed E-state index contributed by atoms with van der Waals surface area (Å²) in [5.74, 6) is 1.73. The Morgan fingerprint density at radius 3 is 2.62 bits per heavy atom. The SMILES string of the molecule is CC(C)C(C)(CBr)Cc1ccco1. The molecule has 1 aromatic rings. The van der Waals surface area contributed by atoms with Gasteiger partial charge in [0.1, 0.15) is 5.76 Å². The molecular weight excluding hydrogens is 228 g/mol. The Morgan fingerprint density at radius 1 is 1.54 bits per heavy atom. The first kappa shape index (κ1) is 10.8. The average Bonchev–Trinajstić information content (AvgIpc) is 2.56. The lowest BCUT2D eigenvalue weighted by atomic mass is 9.77. The lowest BCUT2D eigenvalue weighted by Gasteiger charge is -2.30. The van der Waals surface area contributed by atoms with Crippen LogP contribution in [0.5, 0.6) is 0 Å². The first-order chi connectivity index (χ1) is 6.08. The first-order valence-corrected chi connectivity index (χ1v) is 5.79. The summed E-state index contributed by atoms with van der Waals surface area (Å²) >= 11 is 3.58. The van der Waals surface area contributed by atoms with E-state index in [4.69, 9.17) is 4.42 Å². The minimum absolute atomic E-state index is 0.290. The zero-order chi connectivity index (χ0) is 9.90. The highest BCUT2D eigenvalue weighted by Crippen LogP contribution is 2.33. The van der Waals surface area contributed by atoms with Crippen molar-refractivity contribution < 1.29 is 4.42 Å². The van der Waals surface area contributed by atoms with Crippen LogP contribution in [0.25, 0.3) is 0 Å². The monoisotopic (exact) mass is 244 g/mol. The third-order valence-corrected chi connectivity index (χ3v) is 4.14. The number of alkyl halides is 1. The van der Waals surface area contributed by atoms with Crippen molar-refractivity contribution in [3.8, 4) is 0 Å². The fourth-order valence-electron chi connectivity index (χ4n) is 1.22. The molecule has 1 unspecified atom stereocenters. The summed E-state index contributed by atoms with van der Waals surface area (Å²) in [4.78, 5) is 0. The molecule has 0 aliphatic carbocycles. The van der Waals surface area contributed by atoms with Crippen LogP contribution in [-0.2, 0) is 6.42 Å². The van der Waals surface area contributed by atoms with Gasteiger partial charge < -0.3 is 4.42 Å². The summed E-state index contributed by atoms with van der Waals surface area (Å²) in [5, 5.41) is 1.01. The molecule has 0 bridgehead atoms. The maximum absolute atomic E-state index is 5.36. The maximum atomic E-state index is 5.36. The molecule has 0 fully saturated rings. The van der Waals surface area contributed by atoms with Gasteiger partial charge in [-0.05, 0) is 23.5 Å². The number of hydrogen-bond donors (Lipinski definition) is 0. The quantitative estimate of drug-likeness (QED) is 0.733. The lowest BCUT2D eigenvalue weighted by molar-refractivity contribution is 0.240. The largest absolute Gasteiger partial charge is 0.469 e. The van der Waals surface area contributed by atoms with Crippen molar-refractivity contribution in [2.75, 3.05) is 5.33 Å². The van der Waals surface area contributed by atoms with Gasteiger partial charge in [-0.25, -0.2) is 0 Å². The van der Waals surface area contributed by atoms with Gasteiger partial charge in [0.15, 0.2) is 0 Å². The molecule has 1 rings (SSSR count). The molecule has 1 atom stereocenters. The van der Waals surface area contributed by atoms with Gasteiger partial charge in [-0.2, -0.15) is 0 Å². The van der Waals surface area contributed by atoms with Crippen molar-refractivity contribution in [1.29, 1.82) is 0 Å². The topological polar surface area (TPSA) is 13.1 Å². The van der Waals surface area contributed by atoms with Crippen molar-refractivity contribution in [3.63, 3.8) is 0 Å². The van der Waals surface area contributed by atoms with Gasteiger partial charge >= 0.3 is 0 Å². The molecule has 1 aromatic heterocycles. The van der Waals surface area contributed by atoms with E-state index < -0.39 is 0 Å². The molecule has 0 saturated carbocycles. The third-order valence-electron chi connectivity index (χ3n) is 2.86. The van der Waals surface area contributed by atoms with E-state index in [9.17, 15) is 0 Å². The van der Waals surface area contributed by atoms with Crippen LogP contribution in [0, 0.1) is 11.3 Å². The average molecular weight is 245 g/mol. The molecule has 0 spiro atoms. The van der Waals surface area contributed by atoms with E-state index in [0.29, 0.717) is 5.92 Å². The van der Waals surface area contributed by atoms with Crippen molar-refractivity contribution in [2.24, 2.45) is 11.3 Å². The Hall–Kier alpha value is -0.240. The summed E-state index contributed by atoms with van der Waals surface area (Å²) in [6.07, 6.45) is 2.74. The van der Waals surface area contributed by atoms with Crippen LogP contribution in [0.2, 0.25) is 0 Å². The van der Waals surface area contributed by atoms with Gasteiger partial charge in [-0.1, -0.05) is 36.7 Å². The molecule has 0 N–H and O–H groups in total. The van der Waals surface area contributed by atoms with Crippen LogP contribution >= 0.6 is 15.9 Å². The zero-order valence-corrected chi connectivity index (χ0v) is 10.1. The molecule has 13 heavy (non-hydrogen) atoms. The van der Waals surface area contributed by atoms with E-state index in [0.717, 1.165) is 17.5 Å². The van der Waals surface area contributed by atoms with Crippen molar-refractivity contribution in [1.82, 2.24) is 0 Å². The number of hydrogen-bond acceptors (Lipinski definition) is 1. The Kier molecular flexibility index (Phi) is 3.60. The van der Waals surface area contributed by atoms with Crippen molar-refractivity contribution >= 4 is 15.9 Å². The van der Waals surface area contributed by atoms with Gasteiger partial charge in [0.05, 0.1) is 6.26 Å². The molecule has 0 aromatic carbocycles. The summed E-state index contributed by atoms with van der Waals surface area (Å²) in [5.41, 5.74) is 0.290.